The minimum absolute atomic E-state index is 0.778. The van der Waals surface area contributed by atoms with Crippen LogP contribution in [-0.4, -0.2) is 10.2 Å². The molecule has 1 saturated carbocycles. The van der Waals surface area contributed by atoms with E-state index in [9.17, 15) is 0 Å². The first-order chi connectivity index (χ1) is 7.16. The number of aromatic nitrogens is 1. The number of aryl methyl sites for hydroxylation is 2. The number of anilines is 1. The SMILES string of the molecule is Cc1cc(SC2CCCC2)nc(C)c1N. The fourth-order valence-electron chi connectivity index (χ4n) is 2.04. The van der Waals surface area contributed by atoms with Gasteiger partial charge >= 0.3 is 0 Å². The van der Waals surface area contributed by atoms with E-state index in [1.807, 2.05) is 18.7 Å². The number of rotatable bonds is 2. The molecule has 0 saturated heterocycles. The van der Waals surface area contributed by atoms with Crippen molar-refractivity contribution in [2.45, 2.75) is 49.8 Å². The second kappa shape index (κ2) is 4.44. The van der Waals surface area contributed by atoms with Crippen LogP contribution >= 0.6 is 11.8 Å². The standard InChI is InChI=1S/C12H18N2S/c1-8-7-11(14-9(2)12(8)13)15-10-5-3-4-6-10/h7,10H,3-6,13H2,1-2H3. The highest BCUT2D eigenvalue weighted by molar-refractivity contribution is 7.99. The Bertz CT molecular complexity index is 334. The van der Waals surface area contributed by atoms with Crippen LogP contribution in [0.25, 0.3) is 0 Å². The first-order valence-corrected chi connectivity index (χ1v) is 6.45. The number of thioether (sulfide) groups is 1. The van der Waals surface area contributed by atoms with Gasteiger partial charge in [-0.05, 0) is 38.3 Å². The summed E-state index contributed by atoms with van der Waals surface area (Å²) >= 11 is 1.92. The lowest BCUT2D eigenvalue weighted by Crippen LogP contribution is -2.00. The molecule has 0 amide bonds. The van der Waals surface area contributed by atoms with Crippen molar-refractivity contribution in [2.75, 3.05) is 5.73 Å². The van der Waals surface area contributed by atoms with Gasteiger partial charge in [0.25, 0.3) is 0 Å². The minimum atomic E-state index is 0.778. The summed E-state index contributed by atoms with van der Waals surface area (Å²) in [6, 6.07) is 2.12. The molecule has 1 aromatic rings. The van der Waals surface area contributed by atoms with Gasteiger partial charge in [0, 0.05) is 5.25 Å². The lowest BCUT2D eigenvalue weighted by atomic mass is 10.2. The van der Waals surface area contributed by atoms with Crippen LogP contribution in [-0.2, 0) is 0 Å². The summed E-state index contributed by atoms with van der Waals surface area (Å²) in [4.78, 5) is 4.54. The Balaban J connectivity index is 2.14. The predicted molar refractivity (Wildman–Crippen MR) is 66.2 cm³/mol. The third kappa shape index (κ3) is 2.46. The molecule has 0 atom stereocenters. The van der Waals surface area contributed by atoms with Crippen molar-refractivity contribution in [2.24, 2.45) is 0 Å². The molecule has 0 bridgehead atoms. The molecule has 2 rings (SSSR count). The molecule has 0 radical (unpaired) electrons. The molecule has 2 N–H and O–H groups in total. The molecule has 0 unspecified atom stereocenters. The van der Waals surface area contributed by atoms with Crippen LogP contribution in [0.2, 0.25) is 0 Å². The van der Waals surface area contributed by atoms with Crippen molar-refractivity contribution >= 4 is 17.4 Å². The second-order valence-electron chi connectivity index (χ2n) is 4.30. The normalized spacial score (nSPS) is 17.2. The highest BCUT2D eigenvalue weighted by atomic mass is 32.2. The average Bonchev–Trinajstić information content (AvgIpc) is 2.66. The number of pyridine rings is 1. The van der Waals surface area contributed by atoms with Crippen LogP contribution < -0.4 is 5.73 Å². The molecular weight excluding hydrogens is 204 g/mol. The highest BCUT2D eigenvalue weighted by Gasteiger charge is 2.17. The third-order valence-electron chi connectivity index (χ3n) is 3.02. The first-order valence-electron chi connectivity index (χ1n) is 5.57. The van der Waals surface area contributed by atoms with Crippen LogP contribution in [0.1, 0.15) is 36.9 Å². The Morgan fingerprint density at radius 2 is 2.00 bits per heavy atom. The Morgan fingerprint density at radius 1 is 1.33 bits per heavy atom. The van der Waals surface area contributed by atoms with E-state index in [1.54, 1.807) is 0 Å². The summed E-state index contributed by atoms with van der Waals surface area (Å²) in [5.41, 5.74) is 8.85. The van der Waals surface area contributed by atoms with Gasteiger partial charge in [-0.25, -0.2) is 4.98 Å². The Kier molecular flexibility index (Phi) is 3.19. The second-order valence-corrected chi connectivity index (χ2v) is 5.62. The summed E-state index contributed by atoms with van der Waals surface area (Å²) < 4.78 is 0. The predicted octanol–water partition coefficient (Wildman–Crippen LogP) is 3.32. The van der Waals surface area contributed by atoms with Crippen LogP contribution in [0, 0.1) is 13.8 Å². The molecule has 1 aliphatic rings. The Hall–Kier alpha value is -0.700. The molecule has 1 aromatic heterocycles. The zero-order chi connectivity index (χ0) is 10.8. The van der Waals surface area contributed by atoms with Gasteiger partial charge in [0.05, 0.1) is 16.4 Å². The van der Waals surface area contributed by atoms with Crippen molar-refractivity contribution in [1.82, 2.24) is 4.98 Å². The highest BCUT2D eigenvalue weighted by Crippen LogP contribution is 2.34. The maximum atomic E-state index is 5.89. The van der Waals surface area contributed by atoms with Gasteiger partial charge in [0.15, 0.2) is 0 Å². The van der Waals surface area contributed by atoms with Crippen LogP contribution in [0.5, 0.6) is 0 Å². The molecule has 0 spiro atoms. The summed E-state index contributed by atoms with van der Waals surface area (Å²) in [7, 11) is 0. The molecule has 15 heavy (non-hydrogen) atoms. The lowest BCUT2D eigenvalue weighted by molar-refractivity contribution is 0.886. The molecule has 1 heterocycles. The quantitative estimate of drug-likeness (QED) is 0.834. The maximum absolute atomic E-state index is 5.89. The van der Waals surface area contributed by atoms with Gasteiger partial charge < -0.3 is 5.73 Å². The summed E-state index contributed by atoms with van der Waals surface area (Å²) in [5, 5.41) is 1.92. The molecule has 3 heteroatoms. The number of hydrogen-bond acceptors (Lipinski definition) is 3. The zero-order valence-corrected chi connectivity index (χ0v) is 10.2. The first kappa shape index (κ1) is 10.8. The van der Waals surface area contributed by atoms with Crippen molar-refractivity contribution in [3.8, 4) is 0 Å². The Labute approximate surface area is 95.7 Å². The zero-order valence-electron chi connectivity index (χ0n) is 9.42. The van der Waals surface area contributed by atoms with Gasteiger partial charge in [0.1, 0.15) is 0 Å². The van der Waals surface area contributed by atoms with E-state index in [1.165, 1.54) is 25.7 Å². The summed E-state index contributed by atoms with van der Waals surface area (Å²) in [6.07, 6.45) is 5.44. The molecule has 1 aliphatic carbocycles. The van der Waals surface area contributed by atoms with Crippen molar-refractivity contribution in [3.63, 3.8) is 0 Å². The third-order valence-corrected chi connectivity index (χ3v) is 4.28. The smallest absolute Gasteiger partial charge is 0.0970 e. The van der Waals surface area contributed by atoms with E-state index in [2.05, 4.69) is 18.0 Å². The van der Waals surface area contributed by atoms with Crippen LogP contribution in [0.3, 0.4) is 0 Å². The average molecular weight is 222 g/mol. The van der Waals surface area contributed by atoms with Gasteiger partial charge in [-0.1, -0.05) is 12.8 Å². The van der Waals surface area contributed by atoms with Gasteiger partial charge in [-0.2, -0.15) is 0 Å². The molecule has 0 aromatic carbocycles. The largest absolute Gasteiger partial charge is 0.397 e. The van der Waals surface area contributed by atoms with E-state index in [0.717, 1.165) is 27.2 Å². The van der Waals surface area contributed by atoms with Crippen molar-refractivity contribution < 1.29 is 0 Å². The van der Waals surface area contributed by atoms with Gasteiger partial charge in [-0.15, -0.1) is 11.8 Å². The molecular formula is C12H18N2S. The van der Waals surface area contributed by atoms with Gasteiger partial charge in [0.2, 0.25) is 0 Å². The van der Waals surface area contributed by atoms with E-state index in [-0.39, 0.29) is 0 Å². The topological polar surface area (TPSA) is 38.9 Å². The van der Waals surface area contributed by atoms with Gasteiger partial charge in [-0.3, -0.25) is 0 Å². The molecule has 1 fully saturated rings. The number of hydrogen-bond donors (Lipinski definition) is 1. The monoisotopic (exact) mass is 222 g/mol. The Morgan fingerprint density at radius 3 is 2.60 bits per heavy atom. The van der Waals surface area contributed by atoms with E-state index in [0.29, 0.717) is 0 Å². The van der Waals surface area contributed by atoms with Crippen molar-refractivity contribution in [3.05, 3.63) is 17.3 Å². The van der Waals surface area contributed by atoms with Crippen molar-refractivity contribution in [1.29, 1.82) is 0 Å². The number of nitrogens with zero attached hydrogens (tertiary/aromatic N) is 1. The summed E-state index contributed by atoms with van der Waals surface area (Å²) in [6.45, 7) is 4.05. The van der Waals surface area contributed by atoms with Crippen LogP contribution in [0.4, 0.5) is 5.69 Å². The molecule has 0 aliphatic heterocycles. The van der Waals surface area contributed by atoms with Crippen LogP contribution in [0.15, 0.2) is 11.1 Å². The maximum Gasteiger partial charge on any atom is 0.0970 e. The van der Waals surface area contributed by atoms with E-state index >= 15 is 0 Å². The minimum Gasteiger partial charge on any atom is -0.397 e. The van der Waals surface area contributed by atoms with E-state index < -0.39 is 0 Å². The van der Waals surface area contributed by atoms with E-state index in [4.69, 9.17) is 5.73 Å². The number of nitrogens with two attached hydrogens (primary N) is 1. The molecule has 82 valence electrons. The molecule has 2 nitrogen and oxygen atoms in total. The summed E-state index contributed by atoms with van der Waals surface area (Å²) in [5.74, 6) is 0. The number of nitrogen functional groups attached to an aromatic ring is 1. The lowest BCUT2D eigenvalue weighted by Gasteiger charge is -2.11. The fourth-order valence-corrected chi connectivity index (χ4v) is 3.39. The fraction of sp³-hybridized carbons (Fsp3) is 0.583.